The number of anilines is 1. The summed E-state index contributed by atoms with van der Waals surface area (Å²) in [4.78, 5) is 4.14. The average Bonchev–Trinajstić information content (AvgIpc) is 3.04. The van der Waals surface area contributed by atoms with Gasteiger partial charge in [0.25, 0.3) is 0 Å². The Bertz CT molecular complexity index is 870. The van der Waals surface area contributed by atoms with Crippen LogP contribution in [-0.4, -0.2) is 16.7 Å². The molecule has 0 aliphatic heterocycles. The van der Waals surface area contributed by atoms with Crippen molar-refractivity contribution in [2.45, 2.75) is 61.5 Å². The molecule has 1 aromatic carbocycles. The maximum Gasteiger partial charge on any atom is 0.387 e. The van der Waals surface area contributed by atoms with Crippen LogP contribution in [0, 0.1) is 20.8 Å². The first-order chi connectivity index (χ1) is 13.7. The van der Waals surface area contributed by atoms with Crippen LogP contribution < -0.4 is 15.2 Å². The second-order valence-corrected chi connectivity index (χ2v) is 6.86. The van der Waals surface area contributed by atoms with Gasteiger partial charge in [-0.2, -0.15) is 8.78 Å². The van der Waals surface area contributed by atoms with Crippen molar-refractivity contribution in [2.75, 3.05) is 5.32 Å². The largest absolute Gasteiger partial charge is 0.508 e. The van der Waals surface area contributed by atoms with Gasteiger partial charge in [-0.15, -0.1) is 0 Å². The molecule has 0 unspecified atom stereocenters. The highest BCUT2D eigenvalue weighted by Crippen LogP contribution is 2.20. The summed E-state index contributed by atoms with van der Waals surface area (Å²) in [5, 5.41) is 13.4. The number of ether oxygens (including phenoxy) is 1. The molecule has 0 bridgehead atoms. The summed E-state index contributed by atoms with van der Waals surface area (Å²) in [5.41, 5.74) is 3.24. The van der Waals surface area contributed by atoms with Gasteiger partial charge in [0.05, 0.1) is 9.88 Å². The Hall–Kier alpha value is -2.41. The number of allylic oxidation sites excluding steroid dienone is 1. The van der Waals surface area contributed by atoms with Gasteiger partial charge in [0, 0.05) is 12.6 Å². The first-order valence-corrected chi connectivity index (χ1v) is 10.3. The van der Waals surface area contributed by atoms with E-state index in [4.69, 9.17) is 0 Å². The fourth-order valence-electron chi connectivity index (χ4n) is 2.14. The normalized spacial score (nSPS) is 11.4. The van der Waals surface area contributed by atoms with Crippen molar-refractivity contribution in [2.24, 2.45) is 0 Å². The Kier molecular flexibility index (Phi) is 12.6. The number of hydrogen-bond donors (Lipinski definition) is 2. The smallest absolute Gasteiger partial charge is 0.387 e. The van der Waals surface area contributed by atoms with Gasteiger partial charge >= 0.3 is 6.61 Å². The molecule has 162 valence electrons. The SMILES string of the molecule is C=c1nc(N/C=C(\CC)OC(F)F)s/c1=C/C.CC.Cc1cc(C)c(C)c(O)c1. The Balaban J connectivity index is 0.000000554. The third kappa shape index (κ3) is 9.56. The first-order valence-electron chi connectivity index (χ1n) is 9.47. The van der Waals surface area contributed by atoms with Gasteiger partial charge < -0.3 is 15.2 Å². The molecule has 1 heterocycles. The van der Waals surface area contributed by atoms with Crippen LogP contribution in [0.5, 0.6) is 5.75 Å². The fraction of sp³-hybridized carbons (Fsp3) is 0.409. The van der Waals surface area contributed by atoms with Gasteiger partial charge in [0.2, 0.25) is 0 Å². The molecule has 0 aliphatic carbocycles. The van der Waals surface area contributed by atoms with E-state index in [9.17, 15) is 13.9 Å². The zero-order valence-electron chi connectivity index (χ0n) is 18.3. The Morgan fingerprint density at radius 3 is 2.38 bits per heavy atom. The number of halogens is 2. The number of nitrogens with one attached hydrogen (secondary N) is 1. The molecule has 0 saturated heterocycles. The van der Waals surface area contributed by atoms with Gasteiger partial charge in [-0.25, -0.2) is 4.98 Å². The van der Waals surface area contributed by atoms with Gasteiger partial charge in [0.1, 0.15) is 11.5 Å². The zero-order valence-corrected chi connectivity index (χ0v) is 19.1. The molecule has 0 radical (unpaired) electrons. The molecule has 2 aromatic rings. The van der Waals surface area contributed by atoms with E-state index < -0.39 is 6.61 Å². The zero-order chi connectivity index (χ0) is 22.6. The lowest BCUT2D eigenvalue weighted by molar-refractivity contribution is -0.0980. The maximum absolute atomic E-state index is 12.0. The molecule has 7 heteroatoms. The van der Waals surface area contributed by atoms with Crippen LogP contribution in [0.4, 0.5) is 13.9 Å². The van der Waals surface area contributed by atoms with E-state index in [1.807, 2.05) is 47.6 Å². The number of alkyl halides is 2. The highest BCUT2D eigenvalue weighted by Gasteiger charge is 2.05. The fourth-order valence-corrected chi connectivity index (χ4v) is 2.91. The minimum atomic E-state index is -2.80. The van der Waals surface area contributed by atoms with Gasteiger partial charge in [0.15, 0.2) is 5.13 Å². The summed E-state index contributed by atoms with van der Waals surface area (Å²) in [7, 11) is 0. The van der Waals surface area contributed by atoms with Crippen LogP contribution in [0.15, 0.2) is 24.1 Å². The molecule has 2 rings (SSSR count). The number of benzene rings is 1. The van der Waals surface area contributed by atoms with Crippen LogP contribution in [0.25, 0.3) is 12.7 Å². The van der Waals surface area contributed by atoms with E-state index in [2.05, 4.69) is 27.7 Å². The number of aryl methyl sites for hydroxylation is 2. The molecular formula is C22H32F2N2O2S. The highest BCUT2D eigenvalue weighted by atomic mass is 32.1. The van der Waals surface area contributed by atoms with E-state index in [-0.39, 0.29) is 5.76 Å². The molecule has 0 atom stereocenters. The Morgan fingerprint density at radius 2 is 1.93 bits per heavy atom. The van der Waals surface area contributed by atoms with E-state index in [1.165, 1.54) is 17.5 Å². The van der Waals surface area contributed by atoms with E-state index >= 15 is 0 Å². The summed E-state index contributed by atoms with van der Waals surface area (Å²) in [6.07, 6.45) is 3.67. The number of phenolic OH excluding ortho intramolecular Hbond substituents is 1. The van der Waals surface area contributed by atoms with E-state index in [0.29, 0.717) is 22.7 Å². The molecule has 0 spiro atoms. The molecule has 0 saturated carbocycles. The minimum Gasteiger partial charge on any atom is -0.508 e. The average molecular weight is 427 g/mol. The molecular weight excluding hydrogens is 394 g/mol. The van der Waals surface area contributed by atoms with Crippen molar-refractivity contribution in [3.63, 3.8) is 0 Å². The van der Waals surface area contributed by atoms with E-state index in [1.54, 1.807) is 13.0 Å². The van der Waals surface area contributed by atoms with Crippen molar-refractivity contribution in [1.82, 2.24) is 4.98 Å². The second-order valence-electron chi connectivity index (χ2n) is 5.83. The van der Waals surface area contributed by atoms with Crippen LogP contribution >= 0.6 is 11.3 Å². The molecule has 29 heavy (non-hydrogen) atoms. The van der Waals surface area contributed by atoms with Crippen LogP contribution in [0.1, 0.15) is 50.8 Å². The third-order valence-electron chi connectivity index (χ3n) is 3.72. The lowest BCUT2D eigenvalue weighted by atomic mass is 10.1. The molecule has 0 amide bonds. The minimum absolute atomic E-state index is 0.183. The number of rotatable bonds is 5. The Morgan fingerprint density at radius 1 is 1.31 bits per heavy atom. The molecule has 2 N–H and O–H groups in total. The monoisotopic (exact) mass is 426 g/mol. The standard InChI is InChI=1S/C11H14F2N2OS.C9H12O.C2H6/c1-4-8(16-10(12)13)6-14-11-15-7(3)9(5-2)17-11;1-6-4-7(2)8(3)9(10)5-6;1-2/h5-6,10H,3-4H2,1-2H3,(H,14,15);4-5,10H,1-3H3;1-2H3/b8-6+,9-5+;;. The van der Waals surface area contributed by atoms with Crippen molar-refractivity contribution in [1.29, 1.82) is 0 Å². The third-order valence-corrected chi connectivity index (χ3v) is 4.81. The number of phenols is 1. The number of hydrogen-bond acceptors (Lipinski definition) is 5. The molecule has 0 fully saturated rings. The summed E-state index contributed by atoms with van der Waals surface area (Å²) in [6, 6.07) is 3.84. The van der Waals surface area contributed by atoms with Crippen molar-refractivity contribution >= 4 is 29.1 Å². The second kappa shape index (κ2) is 13.7. The quantitative estimate of drug-likeness (QED) is 0.611. The summed E-state index contributed by atoms with van der Waals surface area (Å²) in [5.74, 6) is 0.584. The number of thiazole rings is 1. The summed E-state index contributed by atoms with van der Waals surface area (Å²) in [6.45, 7) is 14.5. The summed E-state index contributed by atoms with van der Waals surface area (Å²) >= 11 is 1.40. The number of aromatic hydroxyl groups is 1. The van der Waals surface area contributed by atoms with Crippen LogP contribution in [-0.2, 0) is 4.74 Å². The van der Waals surface area contributed by atoms with E-state index in [0.717, 1.165) is 21.2 Å². The van der Waals surface area contributed by atoms with Gasteiger partial charge in [-0.1, -0.05) is 50.8 Å². The Labute approximate surface area is 176 Å². The molecule has 0 aliphatic rings. The lowest BCUT2D eigenvalue weighted by Crippen LogP contribution is -2.17. The number of nitrogens with zero attached hydrogens (tertiary/aromatic N) is 1. The van der Waals surface area contributed by atoms with Crippen LogP contribution in [0.3, 0.4) is 0 Å². The number of aromatic nitrogens is 1. The van der Waals surface area contributed by atoms with Crippen LogP contribution in [0.2, 0.25) is 0 Å². The van der Waals surface area contributed by atoms with Crippen molar-refractivity contribution < 1.29 is 18.6 Å². The lowest BCUT2D eigenvalue weighted by Gasteiger charge is -2.06. The van der Waals surface area contributed by atoms with Crippen molar-refractivity contribution in [3.05, 3.63) is 50.7 Å². The highest BCUT2D eigenvalue weighted by molar-refractivity contribution is 7.13. The molecule has 4 nitrogen and oxygen atoms in total. The predicted molar refractivity (Wildman–Crippen MR) is 120 cm³/mol. The van der Waals surface area contributed by atoms with Gasteiger partial charge in [-0.3, -0.25) is 0 Å². The first kappa shape index (κ1) is 26.6. The predicted octanol–water partition coefficient (Wildman–Crippen LogP) is 5.60. The topological polar surface area (TPSA) is 54.4 Å². The molecule has 1 aromatic heterocycles. The van der Waals surface area contributed by atoms with Crippen molar-refractivity contribution in [3.8, 4) is 5.75 Å². The summed E-state index contributed by atoms with van der Waals surface area (Å²) < 4.78 is 29.3. The maximum atomic E-state index is 12.0. The van der Waals surface area contributed by atoms with Gasteiger partial charge in [-0.05, 0) is 50.5 Å².